The molecule has 0 radical (unpaired) electrons. The molecule has 0 aliphatic carbocycles. The van der Waals surface area contributed by atoms with Gasteiger partial charge in [-0.05, 0) is 23.1 Å². The highest BCUT2D eigenvalue weighted by molar-refractivity contribution is 6.08. The molecule has 19 heavy (non-hydrogen) atoms. The van der Waals surface area contributed by atoms with Crippen molar-refractivity contribution in [3.63, 3.8) is 0 Å². The zero-order valence-electron chi connectivity index (χ0n) is 10.3. The molecule has 1 aromatic carbocycles. The average Bonchev–Trinajstić information content (AvgIpc) is 2.47. The molecule has 0 aliphatic rings. The Morgan fingerprint density at radius 2 is 1.84 bits per heavy atom. The molecule has 0 saturated heterocycles. The summed E-state index contributed by atoms with van der Waals surface area (Å²) in [5, 5.41) is 1.94. The average molecular weight is 248 g/mol. The Morgan fingerprint density at radius 3 is 2.68 bits per heavy atom. The molecule has 2 heterocycles. The highest BCUT2D eigenvalue weighted by Crippen LogP contribution is 2.19. The van der Waals surface area contributed by atoms with E-state index in [-0.39, 0.29) is 5.78 Å². The van der Waals surface area contributed by atoms with Crippen molar-refractivity contribution < 1.29 is 4.79 Å². The summed E-state index contributed by atoms with van der Waals surface area (Å²) < 4.78 is 0. The number of fused-ring (bicyclic) bond motifs is 1. The van der Waals surface area contributed by atoms with Crippen LogP contribution < -0.4 is 0 Å². The number of rotatable bonds is 3. The predicted molar refractivity (Wildman–Crippen MR) is 74.0 cm³/mol. The third kappa shape index (κ3) is 2.36. The van der Waals surface area contributed by atoms with Crippen LogP contribution in [0.25, 0.3) is 10.8 Å². The van der Waals surface area contributed by atoms with Crippen LogP contribution in [-0.2, 0) is 6.42 Å². The molecular formula is C16H12N2O. The summed E-state index contributed by atoms with van der Waals surface area (Å²) in [6.07, 6.45) is 7.27. The minimum atomic E-state index is 0.0894. The Kier molecular flexibility index (Phi) is 3.02. The van der Waals surface area contributed by atoms with Gasteiger partial charge in [0.25, 0.3) is 0 Å². The van der Waals surface area contributed by atoms with Crippen LogP contribution in [0, 0.1) is 0 Å². The third-order valence-corrected chi connectivity index (χ3v) is 3.07. The maximum Gasteiger partial charge on any atom is 0.167 e. The molecule has 0 spiro atoms. The van der Waals surface area contributed by atoms with Crippen molar-refractivity contribution in [2.75, 3.05) is 0 Å². The molecule has 0 atom stereocenters. The van der Waals surface area contributed by atoms with Crippen LogP contribution in [0.5, 0.6) is 0 Å². The lowest BCUT2D eigenvalue weighted by Gasteiger charge is -2.05. The first kappa shape index (κ1) is 11.5. The second-order valence-electron chi connectivity index (χ2n) is 4.36. The van der Waals surface area contributed by atoms with E-state index in [9.17, 15) is 4.79 Å². The van der Waals surface area contributed by atoms with Gasteiger partial charge in [0.15, 0.2) is 5.78 Å². The molecule has 0 saturated carbocycles. The minimum absolute atomic E-state index is 0.0894. The van der Waals surface area contributed by atoms with E-state index in [2.05, 4.69) is 9.97 Å². The van der Waals surface area contributed by atoms with E-state index < -0.39 is 0 Å². The number of pyridine rings is 2. The van der Waals surface area contributed by atoms with Gasteiger partial charge in [-0.2, -0.15) is 0 Å². The molecule has 0 aliphatic heterocycles. The zero-order valence-corrected chi connectivity index (χ0v) is 10.3. The van der Waals surface area contributed by atoms with Gasteiger partial charge >= 0.3 is 0 Å². The van der Waals surface area contributed by atoms with Crippen molar-refractivity contribution >= 4 is 16.6 Å². The smallest absolute Gasteiger partial charge is 0.167 e. The molecule has 92 valence electrons. The standard InChI is InChI=1S/C16H12N2O/c19-16(9-12-3-2-7-17-10-12)14-5-1-4-13-6-8-18-11-15(13)14/h1-8,10-11H,9H2. The maximum atomic E-state index is 12.4. The first-order valence-corrected chi connectivity index (χ1v) is 6.09. The first-order chi connectivity index (χ1) is 9.34. The molecule has 3 aromatic rings. The van der Waals surface area contributed by atoms with E-state index in [1.165, 1.54) is 0 Å². The fourth-order valence-corrected chi connectivity index (χ4v) is 2.14. The number of hydrogen-bond donors (Lipinski definition) is 0. The minimum Gasteiger partial charge on any atom is -0.294 e. The van der Waals surface area contributed by atoms with Gasteiger partial charge in [0.05, 0.1) is 0 Å². The largest absolute Gasteiger partial charge is 0.294 e. The number of aromatic nitrogens is 2. The van der Waals surface area contributed by atoms with Crippen LogP contribution >= 0.6 is 0 Å². The number of ketones is 1. The number of benzene rings is 1. The van der Waals surface area contributed by atoms with Gasteiger partial charge in [-0.15, -0.1) is 0 Å². The molecule has 3 heteroatoms. The molecule has 0 unspecified atom stereocenters. The SMILES string of the molecule is O=C(Cc1cccnc1)c1cccc2ccncc12. The normalized spacial score (nSPS) is 10.5. The number of hydrogen-bond acceptors (Lipinski definition) is 3. The van der Waals surface area contributed by atoms with E-state index in [0.29, 0.717) is 6.42 Å². The third-order valence-electron chi connectivity index (χ3n) is 3.07. The number of carbonyl (C=O) groups excluding carboxylic acids is 1. The number of carbonyl (C=O) groups is 1. The van der Waals surface area contributed by atoms with Crippen LogP contribution in [0.2, 0.25) is 0 Å². The highest BCUT2D eigenvalue weighted by atomic mass is 16.1. The van der Waals surface area contributed by atoms with Crippen LogP contribution in [0.1, 0.15) is 15.9 Å². The molecule has 2 aromatic heterocycles. The van der Waals surface area contributed by atoms with Gasteiger partial charge in [-0.1, -0.05) is 24.3 Å². The van der Waals surface area contributed by atoms with Gasteiger partial charge in [0.1, 0.15) is 0 Å². The topological polar surface area (TPSA) is 42.9 Å². The van der Waals surface area contributed by atoms with Gasteiger partial charge in [0.2, 0.25) is 0 Å². The summed E-state index contributed by atoms with van der Waals surface area (Å²) in [5.74, 6) is 0.0894. The van der Waals surface area contributed by atoms with Crippen LogP contribution in [0.3, 0.4) is 0 Å². The van der Waals surface area contributed by atoms with Crippen molar-refractivity contribution in [3.8, 4) is 0 Å². The second kappa shape index (κ2) is 4.98. The fourth-order valence-electron chi connectivity index (χ4n) is 2.14. The van der Waals surface area contributed by atoms with Crippen molar-refractivity contribution in [3.05, 3.63) is 72.3 Å². The van der Waals surface area contributed by atoms with E-state index in [1.54, 1.807) is 24.8 Å². The van der Waals surface area contributed by atoms with Gasteiger partial charge in [-0.25, -0.2) is 0 Å². The fraction of sp³-hybridized carbons (Fsp3) is 0.0625. The van der Waals surface area contributed by atoms with E-state index in [0.717, 1.165) is 21.9 Å². The maximum absolute atomic E-state index is 12.4. The van der Waals surface area contributed by atoms with E-state index in [4.69, 9.17) is 0 Å². The first-order valence-electron chi connectivity index (χ1n) is 6.09. The van der Waals surface area contributed by atoms with Crippen molar-refractivity contribution in [2.24, 2.45) is 0 Å². The zero-order chi connectivity index (χ0) is 13.1. The summed E-state index contributed by atoms with van der Waals surface area (Å²) in [6, 6.07) is 11.4. The Morgan fingerprint density at radius 1 is 0.947 bits per heavy atom. The van der Waals surface area contributed by atoms with Gasteiger partial charge < -0.3 is 0 Å². The molecule has 0 fully saturated rings. The van der Waals surface area contributed by atoms with Crippen molar-refractivity contribution in [2.45, 2.75) is 6.42 Å². The highest BCUT2D eigenvalue weighted by Gasteiger charge is 2.10. The van der Waals surface area contributed by atoms with Crippen molar-refractivity contribution in [1.82, 2.24) is 9.97 Å². The summed E-state index contributed by atoms with van der Waals surface area (Å²) in [5.41, 5.74) is 1.64. The number of nitrogens with zero attached hydrogens (tertiary/aromatic N) is 2. The molecule has 3 nitrogen and oxygen atoms in total. The molecule has 0 N–H and O–H groups in total. The molecule has 0 amide bonds. The quantitative estimate of drug-likeness (QED) is 0.669. The Balaban J connectivity index is 1.98. The second-order valence-corrected chi connectivity index (χ2v) is 4.36. The van der Waals surface area contributed by atoms with Gasteiger partial charge in [-0.3, -0.25) is 14.8 Å². The van der Waals surface area contributed by atoms with Crippen LogP contribution in [0.15, 0.2) is 61.2 Å². The Labute approximate surface area is 111 Å². The Bertz CT molecular complexity index is 718. The van der Waals surface area contributed by atoms with Crippen LogP contribution in [-0.4, -0.2) is 15.8 Å². The monoisotopic (exact) mass is 248 g/mol. The van der Waals surface area contributed by atoms with E-state index in [1.807, 2.05) is 36.4 Å². The summed E-state index contributed by atoms with van der Waals surface area (Å²) in [7, 11) is 0. The summed E-state index contributed by atoms with van der Waals surface area (Å²) in [6.45, 7) is 0. The lowest BCUT2D eigenvalue weighted by Crippen LogP contribution is -2.04. The summed E-state index contributed by atoms with van der Waals surface area (Å²) in [4.78, 5) is 20.5. The lowest BCUT2D eigenvalue weighted by atomic mass is 9.99. The molecular weight excluding hydrogens is 236 g/mol. The predicted octanol–water partition coefficient (Wildman–Crippen LogP) is 3.06. The molecule has 0 bridgehead atoms. The van der Waals surface area contributed by atoms with Gasteiger partial charge in [0, 0.05) is 42.2 Å². The van der Waals surface area contributed by atoms with Crippen LogP contribution in [0.4, 0.5) is 0 Å². The number of Topliss-reactive ketones (excluding diaryl/α,β-unsaturated/α-hetero) is 1. The van der Waals surface area contributed by atoms with E-state index >= 15 is 0 Å². The lowest BCUT2D eigenvalue weighted by molar-refractivity contribution is 0.0994. The summed E-state index contributed by atoms with van der Waals surface area (Å²) >= 11 is 0. The Hall–Kier alpha value is -2.55. The van der Waals surface area contributed by atoms with Crippen molar-refractivity contribution in [1.29, 1.82) is 0 Å². The molecule has 3 rings (SSSR count).